The fourth-order valence-electron chi connectivity index (χ4n) is 1.89. The number of carbonyl (C=O) groups is 1. The SMILES string of the molecule is CCCc1[nH]c(=O)cc2c1C(=O)OCC2.Cl. The minimum atomic E-state index is -0.309. The van der Waals surface area contributed by atoms with Crippen LogP contribution in [0.2, 0.25) is 0 Å². The first-order valence-corrected chi connectivity index (χ1v) is 5.14. The van der Waals surface area contributed by atoms with Gasteiger partial charge in [-0.05, 0) is 12.0 Å². The molecule has 2 rings (SSSR count). The minimum absolute atomic E-state index is 0. The molecule has 0 saturated heterocycles. The molecule has 0 atom stereocenters. The predicted molar refractivity (Wildman–Crippen MR) is 62.3 cm³/mol. The molecule has 1 N–H and O–H groups in total. The van der Waals surface area contributed by atoms with Gasteiger partial charge in [-0.2, -0.15) is 0 Å². The quantitative estimate of drug-likeness (QED) is 0.800. The molecule has 0 aliphatic carbocycles. The zero-order valence-corrected chi connectivity index (χ0v) is 9.86. The number of rotatable bonds is 2. The highest BCUT2D eigenvalue weighted by molar-refractivity contribution is 5.93. The highest BCUT2D eigenvalue weighted by atomic mass is 35.5. The number of aromatic nitrogens is 1. The highest BCUT2D eigenvalue weighted by Crippen LogP contribution is 2.18. The first-order valence-electron chi connectivity index (χ1n) is 5.14. The summed E-state index contributed by atoms with van der Waals surface area (Å²) in [6, 6.07) is 1.49. The van der Waals surface area contributed by atoms with Crippen LogP contribution in [0.1, 0.15) is 35.0 Å². The Morgan fingerprint density at radius 3 is 2.88 bits per heavy atom. The Morgan fingerprint density at radius 2 is 2.19 bits per heavy atom. The second-order valence-electron chi connectivity index (χ2n) is 3.65. The number of pyridine rings is 1. The highest BCUT2D eigenvalue weighted by Gasteiger charge is 2.22. The summed E-state index contributed by atoms with van der Waals surface area (Å²) in [6.45, 7) is 2.38. The molecule has 4 nitrogen and oxygen atoms in total. The van der Waals surface area contributed by atoms with Crippen LogP contribution in [-0.4, -0.2) is 17.6 Å². The zero-order valence-electron chi connectivity index (χ0n) is 9.04. The van der Waals surface area contributed by atoms with Crippen molar-refractivity contribution in [2.24, 2.45) is 0 Å². The number of ether oxygens (including phenoxy) is 1. The third-order valence-corrected chi connectivity index (χ3v) is 2.51. The first kappa shape index (κ1) is 12.8. The Labute approximate surface area is 99.4 Å². The van der Waals surface area contributed by atoms with E-state index >= 15 is 0 Å². The van der Waals surface area contributed by atoms with Crippen molar-refractivity contribution in [1.29, 1.82) is 0 Å². The first-order chi connectivity index (χ1) is 7.22. The molecular formula is C11H14ClNO3. The van der Waals surface area contributed by atoms with Crippen LogP contribution in [0.5, 0.6) is 0 Å². The molecular weight excluding hydrogens is 230 g/mol. The summed E-state index contributed by atoms with van der Waals surface area (Å²) in [4.78, 5) is 25.6. The summed E-state index contributed by atoms with van der Waals surface area (Å²) in [5, 5.41) is 0. The number of cyclic esters (lactones) is 1. The Balaban J connectivity index is 0.00000128. The lowest BCUT2D eigenvalue weighted by molar-refractivity contribution is 0.0477. The van der Waals surface area contributed by atoms with Crippen LogP contribution in [-0.2, 0) is 17.6 Å². The number of aryl methyl sites for hydroxylation is 1. The summed E-state index contributed by atoms with van der Waals surface area (Å²) >= 11 is 0. The Hall–Kier alpha value is -1.29. The van der Waals surface area contributed by atoms with Crippen LogP contribution in [0, 0.1) is 0 Å². The fourth-order valence-corrected chi connectivity index (χ4v) is 1.89. The van der Waals surface area contributed by atoms with Crippen molar-refractivity contribution in [2.45, 2.75) is 26.2 Å². The van der Waals surface area contributed by atoms with Gasteiger partial charge in [0, 0.05) is 18.2 Å². The molecule has 0 unspecified atom stereocenters. The second kappa shape index (κ2) is 5.16. The third-order valence-electron chi connectivity index (χ3n) is 2.51. The van der Waals surface area contributed by atoms with E-state index in [2.05, 4.69) is 4.98 Å². The maximum absolute atomic E-state index is 11.5. The lowest BCUT2D eigenvalue weighted by Crippen LogP contribution is -2.24. The van der Waals surface area contributed by atoms with Gasteiger partial charge in [-0.15, -0.1) is 12.4 Å². The standard InChI is InChI=1S/C11H13NO3.ClH/c1-2-3-8-10-7(6-9(13)12-8)4-5-15-11(10)14;/h6H,2-5H2,1H3,(H,12,13);1H. The van der Waals surface area contributed by atoms with E-state index in [0.29, 0.717) is 30.7 Å². The van der Waals surface area contributed by atoms with E-state index in [4.69, 9.17) is 4.74 Å². The van der Waals surface area contributed by atoms with Gasteiger partial charge >= 0.3 is 5.97 Å². The number of nitrogens with one attached hydrogen (secondary N) is 1. The van der Waals surface area contributed by atoms with Gasteiger partial charge in [0.15, 0.2) is 0 Å². The van der Waals surface area contributed by atoms with Crippen LogP contribution in [0.4, 0.5) is 0 Å². The summed E-state index contributed by atoms with van der Waals surface area (Å²) in [5.41, 5.74) is 1.97. The molecule has 16 heavy (non-hydrogen) atoms. The van der Waals surface area contributed by atoms with Gasteiger partial charge in [0.25, 0.3) is 0 Å². The lowest BCUT2D eigenvalue weighted by atomic mass is 10.00. The molecule has 0 spiro atoms. The molecule has 0 saturated carbocycles. The van der Waals surface area contributed by atoms with Gasteiger partial charge in [0.05, 0.1) is 12.2 Å². The van der Waals surface area contributed by atoms with Crippen LogP contribution in [0.25, 0.3) is 0 Å². The molecule has 0 radical (unpaired) electrons. The molecule has 1 aromatic rings. The molecule has 1 aliphatic rings. The fraction of sp³-hybridized carbons (Fsp3) is 0.455. The van der Waals surface area contributed by atoms with E-state index in [-0.39, 0.29) is 23.9 Å². The number of halogens is 1. The smallest absolute Gasteiger partial charge is 0.340 e. The van der Waals surface area contributed by atoms with Crippen LogP contribution in [0.15, 0.2) is 10.9 Å². The van der Waals surface area contributed by atoms with Crippen LogP contribution < -0.4 is 5.56 Å². The summed E-state index contributed by atoms with van der Waals surface area (Å²) in [7, 11) is 0. The number of aromatic amines is 1. The van der Waals surface area contributed by atoms with Gasteiger partial charge in [0.1, 0.15) is 0 Å². The van der Waals surface area contributed by atoms with Crippen molar-refractivity contribution >= 4 is 18.4 Å². The maximum Gasteiger partial charge on any atom is 0.340 e. The van der Waals surface area contributed by atoms with E-state index in [1.807, 2.05) is 6.92 Å². The van der Waals surface area contributed by atoms with Crippen molar-refractivity contribution in [2.75, 3.05) is 6.61 Å². The molecule has 2 heterocycles. The second-order valence-corrected chi connectivity index (χ2v) is 3.65. The molecule has 0 aromatic carbocycles. The van der Waals surface area contributed by atoms with Crippen LogP contribution in [0.3, 0.4) is 0 Å². The Kier molecular flexibility index (Phi) is 4.12. The number of hydrogen-bond acceptors (Lipinski definition) is 3. The van der Waals surface area contributed by atoms with Gasteiger partial charge in [-0.1, -0.05) is 13.3 Å². The van der Waals surface area contributed by atoms with Crippen molar-refractivity contribution in [1.82, 2.24) is 4.98 Å². The summed E-state index contributed by atoms with van der Waals surface area (Å²) in [5.74, 6) is -0.309. The van der Waals surface area contributed by atoms with Gasteiger partial charge < -0.3 is 9.72 Å². The Bertz CT molecular complexity index is 453. The maximum atomic E-state index is 11.5. The van der Waals surface area contributed by atoms with Crippen molar-refractivity contribution in [3.63, 3.8) is 0 Å². The molecule has 1 aliphatic heterocycles. The average Bonchev–Trinajstić information content (AvgIpc) is 2.17. The normalized spacial score (nSPS) is 13.7. The predicted octanol–water partition coefficient (Wildman–Crippen LogP) is 1.46. The summed E-state index contributed by atoms with van der Waals surface area (Å²) in [6.07, 6.45) is 2.23. The molecule has 1 aromatic heterocycles. The van der Waals surface area contributed by atoms with Gasteiger partial charge in [-0.3, -0.25) is 4.79 Å². The van der Waals surface area contributed by atoms with Crippen molar-refractivity contribution in [3.8, 4) is 0 Å². The molecule has 0 amide bonds. The van der Waals surface area contributed by atoms with E-state index < -0.39 is 0 Å². The van der Waals surface area contributed by atoms with Gasteiger partial charge in [-0.25, -0.2) is 4.79 Å². The Morgan fingerprint density at radius 1 is 1.44 bits per heavy atom. The van der Waals surface area contributed by atoms with E-state index in [1.54, 1.807) is 0 Å². The van der Waals surface area contributed by atoms with E-state index in [1.165, 1.54) is 6.07 Å². The molecule has 5 heteroatoms. The number of carbonyl (C=O) groups excluding carboxylic acids is 1. The average molecular weight is 244 g/mol. The molecule has 88 valence electrons. The lowest BCUT2D eigenvalue weighted by Gasteiger charge is -2.17. The zero-order chi connectivity index (χ0) is 10.8. The topological polar surface area (TPSA) is 59.2 Å². The van der Waals surface area contributed by atoms with Gasteiger partial charge in [0.2, 0.25) is 5.56 Å². The minimum Gasteiger partial charge on any atom is -0.462 e. The molecule has 0 bridgehead atoms. The third kappa shape index (κ3) is 2.27. The van der Waals surface area contributed by atoms with E-state index in [0.717, 1.165) is 12.0 Å². The number of H-pyrrole nitrogens is 1. The summed E-state index contributed by atoms with van der Waals surface area (Å²) < 4.78 is 4.97. The monoisotopic (exact) mass is 243 g/mol. The largest absolute Gasteiger partial charge is 0.462 e. The number of esters is 1. The number of hydrogen-bond donors (Lipinski definition) is 1. The van der Waals surface area contributed by atoms with Crippen molar-refractivity contribution in [3.05, 3.63) is 33.2 Å². The molecule has 0 fully saturated rings. The van der Waals surface area contributed by atoms with E-state index in [9.17, 15) is 9.59 Å². The van der Waals surface area contributed by atoms with Crippen molar-refractivity contribution < 1.29 is 9.53 Å². The van der Waals surface area contributed by atoms with Crippen LogP contribution >= 0.6 is 12.4 Å². The number of fused-ring (bicyclic) bond motifs is 1.